The number of nitrogens with one attached hydrogen (secondary N) is 1. The van der Waals surface area contributed by atoms with Crippen molar-refractivity contribution in [1.29, 1.82) is 0 Å². The standard InChI is InChI=1S/C17H23Cl2N3O.ClH/c18-14-3-4-15(16(19)10-14)17(23)22-8-6-21(7-9-22)12-13-2-1-5-20-11-13;/h3-4,10,13,20H,1-2,5-9,11-12H2;1H. The molecular weight excluding hydrogens is 369 g/mol. The molecule has 0 radical (unpaired) electrons. The van der Waals surface area contributed by atoms with Crippen LogP contribution in [0.25, 0.3) is 0 Å². The third-order valence-corrected chi connectivity index (χ3v) is 5.28. The number of carbonyl (C=O) groups excluding carboxylic acids is 1. The van der Waals surface area contributed by atoms with Crippen molar-refractivity contribution < 1.29 is 4.79 Å². The minimum atomic E-state index is 0. The van der Waals surface area contributed by atoms with Gasteiger partial charge in [-0.25, -0.2) is 0 Å². The Morgan fingerprint density at radius 3 is 2.58 bits per heavy atom. The van der Waals surface area contributed by atoms with Gasteiger partial charge in [-0.05, 0) is 50.0 Å². The van der Waals surface area contributed by atoms with E-state index in [1.54, 1.807) is 18.2 Å². The lowest BCUT2D eigenvalue weighted by Gasteiger charge is -2.37. The highest BCUT2D eigenvalue weighted by Crippen LogP contribution is 2.23. The van der Waals surface area contributed by atoms with Crippen LogP contribution in [0.4, 0.5) is 0 Å². The molecule has 7 heteroatoms. The SMILES string of the molecule is Cl.O=C(c1ccc(Cl)cc1Cl)N1CCN(CC2CCCNC2)CC1. The summed E-state index contributed by atoms with van der Waals surface area (Å²) < 4.78 is 0. The number of piperazine rings is 1. The van der Waals surface area contributed by atoms with E-state index in [-0.39, 0.29) is 18.3 Å². The summed E-state index contributed by atoms with van der Waals surface area (Å²) in [5.74, 6) is 0.752. The molecule has 0 aliphatic carbocycles. The van der Waals surface area contributed by atoms with E-state index in [0.717, 1.165) is 51.7 Å². The van der Waals surface area contributed by atoms with Crippen LogP contribution in [-0.2, 0) is 0 Å². The first-order valence-electron chi connectivity index (χ1n) is 8.31. The molecule has 1 unspecified atom stereocenters. The third-order valence-electron chi connectivity index (χ3n) is 4.74. The maximum atomic E-state index is 12.6. The number of benzene rings is 1. The number of hydrogen-bond donors (Lipinski definition) is 1. The lowest BCUT2D eigenvalue weighted by Crippen LogP contribution is -2.50. The molecule has 0 spiro atoms. The third kappa shape index (κ3) is 4.99. The Morgan fingerprint density at radius 2 is 1.96 bits per heavy atom. The van der Waals surface area contributed by atoms with Crippen molar-refractivity contribution in [3.8, 4) is 0 Å². The summed E-state index contributed by atoms with van der Waals surface area (Å²) in [5, 5.41) is 4.45. The van der Waals surface area contributed by atoms with Gasteiger partial charge in [-0.1, -0.05) is 23.2 Å². The molecule has 1 amide bonds. The average molecular weight is 393 g/mol. The molecule has 3 rings (SSSR count). The van der Waals surface area contributed by atoms with Gasteiger partial charge in [0, 0.05) is 37.7 Å². The molecule has 0 aromatic heterocycles. The summed E-state index contributed by atoms with van der Waals surface area (Å²) in [6.07, 6.45) is 2.59. The van der Waals surface area contributed by atoms with Gasteiger partial charge in [-0.3, -0.25) is 9.69 Å². The maximum absolute atomic E-state index is 12.6. The molecule has 2 fully saturated rings. The van der Waals surface area contributed by atoms with E-state index in [4.69, 9.17) is 23.2 Å². The molecule has 2 heterocycles. The predicted molar refractivity (Wildman–Crippen MR) is 102 cm³/mol. The lowest BCUT2D eigenvalue weighted by atomic mass is 9.99. The Kier molecular flexibility index (Phi) is 7.63. The second-order valence-corrected chi connectivity index (χ2v) is 7.27. The fourth-order valence-electron chi connectivity index (χ4n) is 3.41. The summed E-state index contributed by atoms with van der Waals surface area (Å²) in [4.78, 5) is 17.0. The number of nitrogens with zero attached hydrogens (tertiary/aromatic N) is 2. The summed E-state index contributed by atoms with van der Waals surface area (Å²) in [6, 6.07) is 5.06. The van der Waals surface area contributed by atoms with Gasteiger partial charge >= 0.3 is 0 Å². The normalized spacial score (nSPS) is 22.1. The zero-order valence-electron chi connectivity index (χ0n) is 13.6. The highest BCUT2D eigenvalue weighted by atomic mass is 35.5. The number of piperidine rings is 1. The van der Waals surface area contributed by atoms with Gasteiger partial charge in [-0.15, -0.1) is 12.4 Å². The number of rotatable bonds is 3. The predicted octanol–water partition coefficient (Wildman–Crippen LogP) is 3.17. The first kappa shape index (κ1) is 19.8. The van der Waals surface area contributed by atoms with Crippen molar-refractivity contribution in [3.63, 3.8) is 0 Å². The number of hydrogen-bond acceptors (Lipinski definition) is 3. The number of halogens is 3. The molecule has 1 aromatic carbocycles. The van der Waals surface area contributed by atoms with Crippen LogP contribution in [0, 0.1) is 5.92 Å². The van der Waals surface area contributed by atoms with Crippen LogP contribution in [0.1, 0.15) is 23.2 Å². The monoisotopic (exact) mass is 391 g/mol. The van der Waals surface area contributed by atoms with E-state index in [9.17, 15) is 4.79 Å². The van der Waals surface area contributed by atoms with E-state index < -0.39 is 0 Å². The summed E-state index contributed by atoms with van der Waals surface area (Å²) in [7, 11) is 0. The molecule has 1 aromatic rings. The van der Waals surface area contributed by atoms with Crippen LogP contribution >= 0.6 is 35.6 Å². The highest BCUT2D eigenvalue weighted by molar-refractivity contribution is 6.36. The van der Waals surface area contributed by atoms with Gasteiger partial charge in [0.25, 0.3) is 5.91 Å². The highest BCUT2D eigenvalue weighted by Gasteiger charge is 2.25. The van der Waals surface area contributed by atoms with Crippen molar-refractivity contribution in [2.45, 2.75) is 12.8 Å². The van der Waals surface area contributed by atoms with Crippen LogP contribution in [0.2, 0.25) is 10.0 Å². The molecule has 0 saturated carbocycles. The van der Waals surface area contributed by atoms with Crippen molar-refractivity contribution in [2.75, 3.05) is 45.8 Å². The first-order valence-corrected chi connectivity index (χ1v) is 9.06. The van der Waals surface area contributed by atoms with Crippen LogP contribution in [0.5, 0.6) is 0 Å². The van der Waals surface area contributed by atoms with Crippen molar-refractivity contribution in [3.05, 3.63) is 33.8 Å². The van der Waals surface area contributed by atoms with Crippen LogP contribution in [0.15, 0.2) is 18.2 Å². The Bertz CT molecular complexity index is 556. The smallest absolute Gasteiger partial charge is 0.255 e. The van der Waals surface area contributed by atoms with E-state index in [2.05, 4.69) is 10.2 Å². The summed E-state index contributed by atoms with van der Waals surface area (Å²) >= 11 is 12.0. The topological polar surface area (TPSA) is 35.6 Å². The minimum Gasteiger partial charge on any atom is -0.336 e. The first-order chi connectivity index (χ1) is 11.1. The molecule has 2 saturated heterocycles. The molecule has 134 valence electrons. The molecule has 1 N–H and O–H groups in total. The Morgan fingerprint density at radius 1 is 1.21 bits per heavy atom. The summed E-state index contributed by atoms with van der Waals surface area (Å²) in [6.45, 7) is 6.81. The number of amides is 1. The van der Waals surface area contributed by atoms with Gasteiger partial charge in [0.2, 0.25) is 0 Å². The van der Waals surface area contributed by atoms with Crippen LogP contribution < -0.4 is 5.32 Å². The summed E-state index contributed by atoms with van der Waals surface area (Å²) in [5.41, 5.74) is 0.543. The average Bonchev–Trinajstić information content (AvgIpc) is 2.56. The van der Waals surface area contributed by atoms with Gasteiger partial charge < -0.3 is 10.2 Å². The van der Waals surface area contributed by atoms with Gasteiger partial charge in [-0.2, -0.15) is 0 Å². The molecule has 0 bridgehead atoms. The lowest BCUT2D eigenvalue weighted by molar-refractivity contribution is 0.0610. The van der Waals surface area contributed by atoms with Crippen LogP contribution in [-0.4, -0.2) is 61.5 Å². The molecule has 2 aliphatic heterocycles. The van der Waals surface area contributed by atoms with Gasteiger partial charge in [0.05, 0.1) is 10.6 Å². The van der Waals surface area contributed by atoms with E-state index in [0.29, 0.717) is 15.6 Å². The van der Waals surface area contributed by atoms with Crippen molar-refractivity contribution >= 4 is 41.5 Å². The molecular formula is C17H24Cl3N3O. The molecule has 1 atom stereocenters. The van der Waals surface area contributed by atoms with E-state index in [1.807, 2.05) is 4.90 Å². The second-order valence-electron chi connectivity index (χ2n) is 6.43. The fraction of sp³-hybridized carbons (Fsp3) is 0.588. The Labute approximate surface area is 159 Å². The van der Waals surface area contributed by atoms with Gasteiger partial charge in [0.1, 0.15) is 0 Å². The zero-order chi connectivity index (χ0) is 16.2. The van der Waals surface area contributed by atoms with E-state index >= 15 is 0 Å². The molecule has 2 aliphatic rings. The fourth-order valence-corrected chi connectivity index (χ4v) is 3.90. The molecule has 24 heavy (non-hydrogen) atoms. The van der Waals surface area contributed by atoms with Gasteiger partial charge in [0.15, 0.2) is 0 Å². The Hall–Kier alpha value is -0.520. The van der Waals surface area contributed by atoms with Crippen LogP contribution in [0.3, 0.4) is 0 Å². The maximum Gasteiger partial charge on any atom is 0.255 e. The largest absolute Gasteiger partial charge is 0.336 e. The number of carbonyl (C=O) groups is 1. The zero-order valence-corrected chi connectivity index (χ0v) is 16.0. The van der Waals surface area contributed by atoms with E-state index in [1.165, 1.54) is 12.8 Å². The second kappa shape index (κ2) is 9.25. The molecule has 4 nitrogen and oxygen atoms in total. The quantitative estimate of drug-likeness (QED) is 0.858. The minimum absolute atomic E-state index is 0. The van der Waals surface area contributed by atoms with Crippen molar-refractivity contribution in [1.82, 2.24) is 15.1 Å². The van der Waals surface area contributed by atoms with Crippen molar-refractivity contribution in [2.24, 2.45) is 5.92 Å². The Balaban J connectivity index is 0.00000208.